The van der Waals surface area contributed by atoms with Gasteiger partial charge in [-0.2, -0.15) is 0 Å². The zero-order valence-corrected chi connectivity index (χ0v) is 4.34. The lowest BCUT2D eigenvalue weighted by atomic mass is 10.4. The zero-order valence-electron chi connectivity index (χ0n) is 4.34. The van der Waals surface area contributed by atoms with Crippen LogP contribution in [-0.4, -0.2) is 11.6 Å². The standard InChI is InChI=1S/C5H7FN2/c6-5-2-1-3-8(7)4-5/h1-2,4H,3,7H2. The van der Waals surface area contributed by atoms with E-state index in [1.807, 2.05) is 0 Å². The summed E-state index contributed by atoms with van der Waals surface area (Å²) in [6.45, 7) is 0.591. The molecule has 2 N–H and O–H groups in total. The summed E-state index contributed by atoms with van der Waals surface area (Å²) in [5.41, 5.74) is 0. The Bertz CT molecular complexity index is 139. The van der Waals surface area contributed by atoms with E-state index in [-0.39, 0.29) is 5.83 Å². The Hall–Kier alpha value is -0.830. The first kappa shape index (κ1) is 5.31. The average molecular weight is 114 g/mol. The molecule has 0 unspecified atom stereocenters. The van der Waals surface area contributed by atoms with Crippen LogP contribution < -0.4 is 5.84 Å². The monoisotopic (exact) mass is 114 g/mol. The molecule has 3 heteroatoms. The van der Waals surface area contributed by atoms with Crippen molar-refractivity contribution < 1.29 is 4.39 Å². The SMILES string of the molecule is NN1C=C(F)C=CC1. The van der Waals surface area contributed by atoms with E-state index in [4.69, 9.17) is 5.84 Å². The smallest absolute Gasteiger partial charge is 0.140 e. The van der Waals surface area contributed by atoms with Crippen LogP contribution in [0.2, 0.25) is 0 Å². The highest BCUT2D eigenvalue weighted by Gasteiger charge is 1.96. The van der Waals surface area contributed by atoms with Crippen LogP contribution in [0.3, 0.4) is 0 Å². The van der Waals surface area contributed by atoms with E-state index in [9.17, 15) is 4.39 Å². The van der Waals surface area contributed by atoms with Gasteiger partial charge in [-0.25, -0.2) is 10.2 Å². The lowest BCUT2D eigenvalue weighted by Gasteiger charge is -2.12. The van der Waals surface area contributed by atoms with Crippen molar-refractivity contribution in [2.24, 2.45) is 5.84 Å². The number of hydrazine groups is 1. The Kier molecular flexibility index (Phi) is 1.30. The van der Waals surface area contributed by atoms with Crippen molar-refractivity contribution in [3.05, 3.63) is 24.2 Å². The van der Waals surface area contributed by atoms with Gasteiger partial charge in [0.25, 0.3) is 0 Å². The number of nitrogens with two attached hydrogens (primary N) is 1. The molecule has 1 aliphatic rings. The molecular weight excluding hydrogens is 107 g/mol. The molecule has 0 atom stereocenters. The second-order valence-corrected chi connectivity index (χ2v) is 1.61. The van der Waals surface area contributed by atoms with Crippen molar-refractivity contribution in [2.75, 3.05) is 6.54 Å². The van der Waals surface area contributed by atoms with E-state index in [0.717, 1.165) is 0 Å². The molecule has 0 aromatic carbocycles. The molecule has 0 radical (unpaired) electrons. The maximum absolute atomic E-state index is 12.1. The highest BCUT2D eigenvalue weighted by atomic mass is 19.1. The van der Waals surface area contributed by atoms with Gasteiger partial charge in [0.2, 0.25) is 0 Å². The molecular formula is C5H7FN2. The van der Waals surface area contributed by atoms with Crippen molar-refractivity contribution in [3.63, 3.8) is 0 Å². The van der Waals surface area contributed by atoms with Crippen LogP contribution in [0, 0.1) is 0 Å². The normalized spacial score (nSPS) is 18.8. The van der Waals surface area contributed by atoms with Crippen molar-refractivity contribution in [2.45, 2.75) is 0 Å². The molecule has 0 bridgehead atoms. The van der Waals surface area contributed by atoms with E-state index < -0.39 is 0 Å². The first-order chi connectivity index (χ1) is 3.79. The van der Waals surface area contributed by atoms with Crippen molar-refractivity contribution in [1.29, 1.82) is 0 Å². The fourth-order valence-corrected chi connectivity index (χ4v) is 0.541. The van der Waals surface area contributed by atoms with Gasteiger partial charge in [0.05, 0.1) is 12.7 Å². The first-order valence-electron chi connectivity index (χ1n) is 2.34. The van der Waals surface area contributed by atoms with E-state index in [2.05, 4.69) is 0 Å². The van der Waals surface area contributed by atoms with E-state index in [1.165, 1.54) is 17.3 Å². The van der Waals surface area contributed by atoms with Crippen LogP contribution in [0.15, 0.2) is 24.2 Å². The molecule has 1 aliphatic heterocycles. The van der Waals surface area contributed by atoms with Crippen LogP contribution in [0.25, 0.3) is 0 Å². The Balaban J connectivity index is 2.63. The van der Waals surface area contributed by atoms with Crippen LogP contribution in [0.4, 0.5) is 4.39 Å². The van der Waals surface area contributed by atoms with Crippen molar-refractivity contribution in [3.8, 4) is 0 Å². The second kappa shape index (κ2) is 1.96. The lowest BCUT2D eigenvalue weighted by Crippen LogP contribution is -2.26. The molecule has 2 nitrogen and oxygen atoms in total. The molecule has 0 spiro atoms. The minimum atomic E-state index is -0.293. The molecule has 44 valence electrons. The minimum Gasteiger partial charge on any atom is -0.312 e. The number of hydrogen-bond acceptors (Lipinski definition) is 2. The molecule has 0 amide bonds. The summed E-state index contributed by atoms with van der Waals surface area (Å²) in [7, 11) is 0. The third-order valence-corrected chi connectivity index (χ3v) is 0.882. The largest absolute Gasteiger partial charge is 0.312 e. The van der Waals surface area contributed by atoms with Gasteiger partial charge in [-0.3, -0.25) is 0 Å². The van der Waals surface area contributed by atoms with Crippen LogP contribution in [0.5, 0.6) is 0 Å². The second-order valence-electron chi connectivity index (χ2n) is 1.61. The quantitative estimate of drug-likeness (QED) is 0.466. The highest BCUT2D eigenvalue weighted by Crippen LogP contribution is 2.03. The van der Waals surface area contributed by atoms with Gasteiger partial charge >= 0.3 is 0 Å². The summed E-state index contributed by atoms with van der Waals surface area (Å²) in [4.78, 5) is 0. The predicted octanol–water partition coefficient (Wildman–Crippen LogP) is 0.543. The van der Waals surface area contributed by atoms with Crippen molar-refractivity contribution in [1.82, 2.24) is 5.01 Å². The average Bonchev–Trinajstić information content (AvgIpc) is 1.64. The number of nitrogens with zero attached hydrogens (tertiary/aromatic N) is 1. The van der Waals surface area contributed by atoms with E-state index in [1.54, 1.807) is 6.08 Å². The zero-order chi connectivity index (χ0) is 5.98. The fourth-order valence-electron chi connectivity index (χ4n) is 0.541. The minimum absolute atomic E-state index is 0.293. The van der Waals surface area contributed by atoms with Gasteiger partial charge in [-0.05, 0) is 6.08 Å². The van der Waals surface area contributed by atoms with Gasteiger partial charge in [-0.15, -0.1) is 0 Å². The lowest BCUT2D eigenvalue weighted by molar-refractivity contribution is 0.414. The van der Waals surface area contributed by atoms with E-state index >= 15 is 0 Å². The Labute approximate surface area is 47.0 Å². The maximum atomic E-state index is 12.1. The molecule has 8 heavy (non-hydrogen) atoms. The Morgan fingerprint density at radius 2 is 2.50 bits per heavy atom. The van der Waals surface area contributed by atoms with Gasteiger partial charge in [0.1, 0.15) is 5.83 Å². The highest BCUT2D eigenvalue weighted by molar-refractivity contribution is 5.14. The van der Waals surface area contributed by atoms with Gasteiger partial charge < -0.3 is 5.01 Å². The Morgan fingerprint density at radius 1 is 1.75 bits per heavy atom. The number of allylic oxidation sites excluding steroid dienone is 2. The van der Waals surface area contributed by atoms with E-state index in [0.29, 0.717) is 6.54 Å². The molecule has 0 saturated heterocycles. The number of hydrogen-bond donors (Lipinski definition) is 1. The molecule has 0 aromatic rings. The summed E-state index contributed by atoms with van der Waals surface area (Å²) in [5.74, 6) is 4.90. The number of halogens is 1. The predicted molar refractivity (Wildman–Crippen MR) is 29.2 cm³/mol. The number of rotatable bonds is 0. The van der Waals surface area contributed by atoms with Crippen LogP contribution >= 0.6 is 0 Å². The van der Waals surface area contributed by atoms with Gasteiger partial charge in [0.15, 0.2) is 0 Å². The third kappa shape index (κ3) is 1.07. The summed E-state index contributed by atoms with van der Waals surface area (Å²) in [5, 5.41) is 1.29. The molecule has 1 heterocycles. The summed E-state index contributed by atoms with van der Waals surface area (Å²) >= 11 is 0. The molecule has 0 aliphatic carbocycles. The molecule has 0 fully saturated rings. The summed E-state index contributed by atoms with van der Waals surface area (Å²) in [6.07, 6.45) is 4.30. The van der Waals surface area contributed by atoms with Gasteiger partial charge in [-0.1, -0.05) is 6.08 Å². The maximum Gasteiger partial charge on any atom is 0.140 e. The molecule has 0 aromatic heterocycles. The molecule has 0 saturated carbocycles. The van der Waals surface area contributed by atoms with Crippen molar-refractivity contribution >= 4 is 0 Å². The van der Waals surface area contributed by atoms with Crippen LogP contribution in [-0.2, 0) is 0 Å². The Morgan fingerprint density at radius 3 is 2.88 bits per heavy atom. The first-order valence-corrected chi connectivity index (χ1v) is 2.34. The topological polar surface area (TPSA) is 29.3 Å². The van der Waals surface area contributed by atoms with Crippen LogP contribution in [0.1, 0.15) is 0 Å². The van der Waals surface area contributed by atoms with Gasteiger partial charge in [0, 0.05) is 0 Å². The third-order valence-electron chi connectivity index (χ3n) is 0.882. The molecule has 1 rings (SSSR count). The summed E-state index contributed by atoms with van der Waals surface area (Å²) < 4.78 is 12.1. The fraction of sp³-hybridized carbons (Fsp3) is 0.200. The summed E-state index contributed by atoms with van der Waals surface area (Å²) in [6, 6.07) is 0.